The summed E-state index contributed by atoms with van der Waals surface area (Å²) in [7, 11) is 0. The molecule has 0 amide bonds. The minimum Gasteiger partial charge on any atom is -0.466 e. The highest BCUT2D eigenvalue weighted by Crippen LogP contribution is 2.19. The van der Waals surface area contributed by atoms with Gasteiger partial charge in [0.2, 0.25) is 0 Å². The molecular formula is C10H12N2O. The zero-order valence-corrected chi connectivity index (χ0v) is 7.53. The van der Waals surface area contributed by atoms with Gasteiger partial charge in [0.25, 0.3) is 0 Å². The molecule has 0 bridgehead atoms. The molecule has 13 heavy (non-hydrogen) atoms. The molecule has 1 unspecified atom stereocenters. The summed E-state index contributed by atoms with van der Waals surface area (Å²) in [5.74, 6) is 0.746. The number of rotatable bonds is 4. The third-order valence-corrected chi connectivity index (χ3v) is 1.78. The Hall–Kier alpha value is -1.64. The van der Waals surface area contributed by atoms with Gasteiger partial charge < -0.3 is 4.74 Å². The monoisotopic (exact) mass is 176 g/mol. The predicted octanol–water partition coefficient (Wildman–Crippen LogP) is 3.30. The van der Waals surface area contributed by atoms with Crippen molar-refractivity contribution in [2.24, 2.45) is 5.11 Å². The van der Waals surface area contributed by atoms with Gasteiger partial charge in [0.05, 0.1) is 12.3 Å². The Bertz CT molecular complexity index is 292. The molecule has 0 saturated carbocycles. The van der Waals surface area contributed by atoms with Crippen LogP contribution >= 0.6 is 0 Å². The molecule has 0 aliphatic carbocycles. The Morgan fingerprint density at radius 2 is 2.08 bits per heavy atom. The molecule has 0 aliphatic heterocycles. The van der Waals surface area contributed by atoms with Crippen molar-refractivity contribution in [2.45, 2.75) is 13.0 Å². The Balaban J connectivity index is 2.80. The highest BCUT2D eigenvalue weighted by Gasteiger charge is 2.01. The van der Waals surface area contributed by atoms with E-state index < -0.39 is 0 Å². The van der Waals surface area contributed by atoms with E-state index in [0.717, 1.165) is 11.3 Å². The average molecular weight is 176 g/mol. The summed E-state index contributed by atoms with van der Waals surface area (Å²) in [6.07, 6.45) is 1.38. The SMILES string of the molecule is C=COc1ccc(C(C)N=N)cc1. The van der Waals surface area contributed by atoms with E-state index in [1.807, 2.05) is 31.2 Å². The van der Waals surface area contributed by atoms with Crippen LogP contribution in [0.15, 0.2) is 42.2 Å². The molecule has 1 atom stereocenters. The lowest BCUT2D eigenvalue weighted by Gasteiger charge is -2.05. The normalized spacial score (nSPS) is 11.8. The molecule has 1 N–H and O–H groups in total. The highest BCUT2D eigenvalue weighted by atomic mass is 16.5. The van der Waals surface area contributed by atoms with E-state index in [0.29, 0.717) is 0 Å². The number of nitrogens with one attached hydrogen (secondary N) is 1. The summed E-state index contributed by atoms with van der Waals surface area (Å²) in [6.45, 7) is 5.33. The largest absolute Gasteiger partial charge is 0.466 e. The van der Waals surface area contributed by atoms with Gasteiger partial charge in [-0.1, -0.05) is 18.7 Å². The maximum absolute atomic E-state index is 6.86. The van der Waals surface area contributed by atoms with E-state index in [1.54, 1.807) is 0 Å². The third kappa shape index (κ3) is 2.40. The van der Waals surface area contributed by atoms with Crippen LogP contribution in [0.1, 0.15) is 18.5 Å². The summed E-state index contributed by atoms with van der Waals surface area (Å²) in [6, 6.07) is 7.36. The molecule has 0 aromatic heterocycles. The summed E-state index contributed by atoms with van der Waals surface area (Å²) in [4.78, 5) is 0. The van der Waals surface area contributed by atoms with Gasteiger partial charge in [0, 0.05) is 0 Å². The van der Waals surface area contributed by atoms with Gasteiger partial charge in [-0.2, -0.15) is 5.11 Å². The quantitative estimate of drug-likeness (QED) is 0.555. The molecule has 1 rings (SSSR count). The van der Waals surface area contributed by atoms with E-state index in [2.05, 4.69) is 11.7 Å². The standard InChI is InChI=1S/C10H12N2O/c1-3-13-10-6-4-9(5-7-10)8(2)12-11/h3-8,11H,1H2,2H3. The lowest BCUT2D eigenvalue weighted by molar-refractivity contribution is 0.483. The zero-order chi connectivity index (χ0) is 9.68. The fraction of sp³-hybridized carbons (Fsp3) is 0.200. The number of hydrogen-bond donors (Lipinski definition) is 1. The number of ether oxygens (including phenoxy) is 1. The van der Waals surface area contributed by atoms with Crippen molar-refractivity contribution in [3.05, 3.63) is 42.7 Å². The fourth-order valence-corrected chi connectivity index (χ4v) is 0.996. The van der Waals surface area contributed by atoms with Gasteiger partial charge in [-0.15, -0.1) is 0 Å². The molecule has 0 aliphatic rings. The van der Waals surface area contributed by atoms with Crippen molar-refractivity contribution in [3.63, 3.8) is 0 Å². The van der Waals surface area contributed by atoms with Crippen molar-refractivity contribution in [1.82, 2.24) is 0 Å². The van der Waals surface area contributed by atoms with Crippen molar-refractivity contribution in [2.75, 3.05) is 0 Å². The second-order valence-electron chi connectivity index (χ2n) is 2.66. The molecular weight excluding hydrogens is 164 g/mol. The number of benzene rings is 1. The fourth-order valence-electron chi connectivity index (χ4n) is 0.996. The first-order valence-corrected chi connectivity index (χ1v) is 4.02. The molecule has 0 radical (unpaired) electrons. The molecule has 3 heteroatoms. The Morgan fingerprint density at radius 3 is 2.54 bits per heavy atom. The van der Waals surface area contributed by atoms with Gasteiger partial charge in [-0.3, -0.25) is 0 Å². The molecule has 1 aromatic carbocycles. The Morgan fingerprint density at radius 1 is 1.46 bits per heavy atom. The topological polar surface area (TPSA) is 45.4 Å². The molecule has 0 spiro atoms. The maximum Gasteiger partial charge on any atom is 0.126 e. The highest BCUT2D eigenvalue weighted by molar-refractivity contribution is 5.29. The van der Waals surface area contributed by atoms with Crippen molar-refractivity contribution < 1.29 is 4.74 Å². The molecule has 0 fully saturated rings. The van der Waals surface area contributed by atoms with Crippen molar-refractivity contribution in [1.29, 1.82) is 5.53 Å². The van der Waals surface area contributed by atoms with Gasteiger partial charge in [-0.05, 0) is 24.6 Å². The average Bonchev–Trinajstić information content (AvgIpc) is 2.18. The summed E-state index contributed by atoms with van der Waals surface area (Å²) in [5, 5.41) is 3.42. The lowest BCUT2D eigenvalue weighted by atomic mass is 10.1. The second kappa shape index (κ2) is 4.40. The first kappa shape index (κ1) is 9.45. The molecule has 1 aromatic rings. The van der Waals surface area contributed by atoms with Crippen LogP contribution in [0.4, 0.5) is 0 Å². The molecule has 68 valence electrons. The van der Waals surface area contributed by atoms with Crippen molar-refractivity contribution >= 4 is 0 Å². The minimum absolute atomic E-state index is 0.0854. The van der Waals surface area contributed by atoms with Crippen LogP contribution in [0.5, 0.6) is 5.75 Å². The van der Waals surface area contributed by atoms with Gasteiger partial charge >= 0.3 is 0 Å². The molecule has 0 heterocycles. The second-order valence-corrected chi connectivity index (χ2v) is 2.66. The van der Waals surface area contributed by atoms with Crippen LogP contribution < -0.4 is 4.74 Å². The van der Waals surface area contributed by atoms with Crippen LogP contribution in [-0.4, -0.2) is 0 Å². The number of nitrogens with zero attached hydrogens (tertiary/aromatic N) is 1. The Labute approximate surface area is 77.6 Å². The van der Waals surface area contributed by atoms with E-state index >= 15 is 0 Å². The number of hydrogen-bond acceptors (Lipinski definition) is 3. The van der Waals surface area contributed by atoms with Gasteiger partial charge in [-0.25, -0.2) is 5.53 Å². The van der Waals surface area contributed by atoms with Crippen LogP contribution in [0, 0.1) is 5.53 Å². The third-order valence-electron chi connectivity index (χ3n) is 1.78. The predicted molar refractivity (Wildman–Crippen MR) is 50.8 cm³/mol. The van der Waals surface area contributed by atoms with Crippen LogP contribution in [0.25, 0.3) is 0 Å². The summed E-state index contributed by atoms with van der Waals surface area (Å²) >= 11 is 0. The lowest BCUT2D eigenvalue weighted by Crippen LogP contribution is -1.88. The van der Waals surface area contributed by atoms with E-state index in [1.165, 1.54) is 6.26 Å². The van der Waals surface area contributed by atoms with E-state index in [4.69, 9.17) is 10.3 Å². The smallest absolute Gasteiger partial charge is 0.126 e. The van der Waals surface area contributed by atoms with Crippen LogP contribution in [-0.2, 0) is 0 Å². The minimum atomic E-state index is -0.0854. The first-order chi connectivity index (χ1) is 6.27. The molecule has 0 saturated heterocycles. The zero-order valence-electron chi connectivity index (χ0n) is 7.53. The van der Waals surface area contributed by atoms with Gasteiger partial charge in [0.15, 0.2) is 0 Å². The van der Waals surface area contributed by atoms with Crippen molar-refractivity contribution in [3.8, 4) is 5.75 Å². The summed E-state index contributed by atoms with van der Waals surface area (Å²) in [5.41, 5.74) is 7.86. The van der Waals surface area contributed by atoms with Crippen LogP contribution in [0.2, 0.25) is 0 Å². The van der Waals surface area contributed by atoms with Crippen LogP contribution in [0.3, 0.4) is 0 Å². The van der Waals surface area contributed by atoms with E-state index in [-0.39, 0.29) is 6.04 Å². The maximum atomic E-state index is 6.86. The first-order valence-electron chi connectivity index (χ1n) is 4.02. The summed E-state index contributed by atoms with van der Waals surface area (Å²) < 4.78 is 5.06. The molecule has 3 nitrogen and oxygen atoms in total. The van der Waals surface area contributed by atoms with E-state index in [9.17, 15) is 0 Å². The van der Waals surface area contributed by atoms with Gasteiger partial charge in [0.1, 0.15) is 5.75 Å². The Kier molecular flexibility index (Phi) is 3.20.